The number of unbranched alkanes of at least 4 members (excludes halogenated alkanes) is 4. The molecular formula is C22H32. The zero-order valence-corrected chi connectivity index (χ0v) is 14.5. The van der Waals surface area contributed by atoms with Crippen LogP contribution in [0.4, 0.5) is 0 Å². The Bertz CT molecular complexity index is 463. The molecule has 0 saturated heterocycles. The predicted molar refractivity (Wildman–Crippen MR) is 97.1 cm³/mol. The number of hydrogen-bond donors (Lipinski definition) is 0. The SMILES string of the molecule is CC#Cc1ccc(C2CCC(CCCCCCC)CC2)cc1. The lowest BCUT2D eigenvalue weighted by Gasteiger charge is -2.29. The average Bonchev–Trinajstić information content (AvgIpc) is 2.56. The molecule has 1 saturated carbocycles. The summed E-state index contributed by atoms with van der Waals surface area (Å²) in [5.41, 5.74) is 2.68. The Morgan fingerprint density at radius 1 is 0.909 bits per heavy atom. The maximum absolute atomic E-state index is 3.13. The normalized spacial score (nSPS) is 21.2. The van der Waals surface area contributed by atoms with Crippen LogP contribution in [-0.4, -0.2) is 0 Å². The van der Waals surface area contributed by atoms with Gasteiger partial charge in [-0.05, 0) is 62.1 Å². The molecule has 0 aliphatic heterocycles. The van der Waals surface area contributed by atoms with E-state index < -0.39 is 0 Å². The highest BCUT2D eigenvalue weighted by Crippen LogP contribution is 2.37. The van der Waals surface area contributed by atoms with E-state index >= 15 is 0 Å². The monoisotopic (exact) mass is 296 g/mol. The average molecular weight is 296 g/mol. The van der Waals surface area contributed by atoms with Crippen LogP contribution < -0.4 is 0 Å². The van der Waals surface area contributed by atoms with E-state index in [1.165, 1.54) is 69.8 Å². The van der Waals surface area contributed by atoms with Gasteiger partial charge in [0, 0.05) is 5.56 Å². The maximum atomic E-state index is 3.13. The zero-order chi connectivity index (χ0) is 15.6. The maximum Gasteiger partial charge on any atom is 0.0245 e. The summed E-state index contributed by atoms with van der Waals surface area (Å²) in [6.45, 7) is 4.19. The largest absolute Gasteiger partial charge is 0.101 e. The molecule has 1 aliphatic rings. The van der Waals surface area contributed by atoms with Crippen molar-refractivity contribution in [2.24, 2.45) is 5.92 Å². The number of rotatable bonds is 7. The van der Waals surface area contributed by atoms with E-state index in [4.69, 9.17) is 0 Å². The fourth-order valence-corrected chi connectivity index (χ4v) is 3.80. The van der Waals surface area contributed by atoms with E-state index in [0.29, 0.717) is 0 Å². The van der Waals surface area contributed by atoms with Gasteiger partial charge in [0.2, 0.25) is 0 Å². The zero-order valence-electron chi connectivity index (χ0n) is 14.5. The Hall–Kier alpha value is -1.22. The van der Waals surface area contributed by atoms with Gasteiger partial charge in [-0.1, -0.05) is 63.5 Å². The van der Waals surface area contributed by atoms with Crippen molar-refractivity contribution in [3.8, 4) is 11.8 Å². The topological polar surface area (TPSA) is 0 Å². The Balaban J connectivity index is 1.71. The van der Waals surface area contributed by atoms with Crippen LogP contribution in [0.1, 0.15) is 95.1 Å². The summed E-state index contributed by atoms with van der Waals surface area (Å²) in [7, 11) is 0. The summed E-state index contributed by atoms with van der Waals surface area (Å²) in [6.07, 6.45) is 14.3. The van der Waals surface area contributed by atoms with E-state index in [1.807, 2.05) is 6.92 Å². The van der Waals surface area contributed by atoms with Crippen molar-refractivity contribution in [1.82, 2.24) is 0 Å². The van der Waals surface area contributed by atoms with E-state index in [1.54, 1.807) is 0 Å². The van der Waals surface area contributed by atoms with Gasteiger partial charge in [-0.25, -0.2) is 0 Å². The highest BCUT2D eigenvalue weighted by Gasteiger charge is 2.21. The first-order valence-electron chi connectivity index (χ1n) is 9.36. The number of hydrogen-bond acceptors (Lipinski definition) is 0. The van der Waals surface area contributed by atoms with Crippen LogP contribution in [0, 0.1) is 17.8 Å². The standard InChI is InChI=1S/C22H32/c1-3-5-6-7-8-10-20-13-17-22(18-14-20)21-15-11-19(9-4-2)12-16-21/h11-12,15-16,20,22H,3,5-8,10,13-14,17-18H2,1-2H3. The smallest absolute Gasteiger partial charge is 0.0245 e. The molecule has 0 spiro atoms. The Morgan fingerprint density at radius 2 is 1.59 bits per heavy atom. The molecule has 2 rings (SSSR count). The third kappa shape index (κ3) is 5.53. The Kier molecular flexibility index (Phi) is 7.58. The van der Waals surface area contributed by atoms with Crippen LogP contribution in [0.3, 0.4) is 0 Å². The third-order valence-electron chi connectivity index (χ3n) is 5.21. The molecule has 1 aromatic carbocycles. The molecule has 1 aromatic rings. The first kappa shape index (κ1) is 17.1. The molecule has 0 bridgehead atoms. The lowest BCUT2D eigenvalue weighted by atomic mass is 9.77. The summed E-state index contributed by atoms with van der Waals surface area (Å²) in [5, 5.41) is 0. The Labute approximate surface area is 137 Å². The van der Waals surface area contributed by atoms with Gasteiger partial charge in [0.15, 0.2) is 0 Å². The van der Waals surface area contributed by atoms with Crippen molar-refractivity contribution in [2.45, 2.75) is 84.0 Å². The molecule has 0 heterocycles. The number of benzene rings is 1. The highest BCUT2D eigenvalue weighted by atomic mass is 14.3. The molecule has 0 N–H and O–H groups in total. The molecule has 1 aliphatic carbocycles. The summed E-state index contributed by atoms with van der Waals surface area (Å²) in [4.78, 5) is 0. The molecule has 0 aromatic heterocycles. The van der Waals surface area contributed by atoms with Crippen LogP contribution in [0.15, 0.2) is 24.3 Å². The van der Waals surface area contributed by atoms with Crippen molar-refractivity contribution in [3.63, 3.8) is 0 Å². The van der Waals surface area contributed by atoms with E-state index in [0.717, 1.165) is 17.4 Å². The fourth-order valence-electron chi connectivity index (χ4n) is 3.80. The van der Waals surface area contributed by atoms with Gasteiger partial charge < -0.3 is 0 Å². The van der Waals surface area contributed by atoms with Gasteiger partial charge in [-0.15, -0.1) is 5.92 Å². The lowest BCUT2D eigenvalue weighted by molar-refractivity contribution is 0.302. The summed E-state index contributed by atoms with van der Waals surface area (Å²) >= 11 is 0. The van der Waals surface area contributed by atoms with Crippen LogP contribution in [0.2, 0.25) is 0 Å². The molecule has 1 fully saturated rings. The Morgan fingerprint density at radius 3 is 2.23 bits per heavy atom. The van der Waals surface area contributed by atoms with Crippen molar-refractivity contribution in [3.05, 3.63) is 35.4 Å². The van der Waals surface area contributed by atoms with E-state index in [9.17, 15) is 0 Å². The van der Waals surface area contributed by atoms with Crippen molar-refractivity contribution in [1.29, 1.82) is 0 Å². The molecule has 0 radical (unpaired) electrons. The molecule has 0 nitrogen and oxygen atoms in total. The second-order valence-corrected chi connectivity index (χ2v) is 6.92. The molecule has 0 atom stereocenters. The quantitative estimate of drug-likeness (QED) is 0.388. The van der Waals surface area contributed by atoms with E-state index in [2.05, 4.69) is 43.0 Å². The molecule has 120 valence electrons. The minimum absolute atomic E-state index is 0.792. The van der Waals surface area contributed by atoms with Gasteiger partial charge in [-0.3, -0.25) is 0 Å². The lowest BCUT2D eigenvalue weighted by Crippen LogP contribution is -2.13. The highest BCUT2D eigenvalue weighted by molar-refractivity contribution is 5.36. The predicted octanol–water partition coefficient (Wildman–Crippen LogP) is 6.69. The van der Waals surface area contributed by atoms with Crippen molar-refractivity contribution >= 4 is 0 Å². The summed E-state index contributed by atoms with van der Waals surface area (Å²) in [5.74, 6) is 7.90. The van der Waals surface area contributed by atoms with Crippen LogP contribution in [0.25, 0.3) is 0 Å². The van der Waals surface area contributed by atoms with Crippen LogP contribution in [0.5, 0.6) is 0 Å². The molecule has 0 unspecified atom stereocenters. The second-order valence-electron chi connectivity index (χ2n) is 6.92. The van der Waals surface area contributed by atoms with Gasteiger partial charge in [0.25, 0.3) is 0 Å². The minimum atomic E-state index is 0.792. The second kappa shape index (κ2) is 9.73. The molecular weight excluding hydrogens is 264 g/mol. The molecule has 0 amide bonds. The van der Waals surface area contributed by atoms with Crippen molar-refractivity contribution in [2.75, 3.05) is 0 Å². The van der Waals surface area contributed by atoms with Gasteiger partial charge in [0.1, 0.15) is 0 Å². The van der Waals surface area contributed by atoms with Crippen LogP contribution >= 0.6 is 0 Å². The fraction of sp³-hybridized carbons (Fsp3) is 0.636. The van der Waals surface area contributed by atoms with Gasteiger partial charge in [0.05, 0.1) is 0 Å². The first-order valence-corrected chi connectivity index (χ1v) is 9.36. The van der Waals surface area contributed by atoms with Crippen molar-refractivity contribution < 1.29 is 0 Å². The summed E-state index contributed by atoms with van der Waals surface area (Å²) < 4.78 is 0. The van der Waals surface area contributed by atoms with E-state index in [-0.39, 0.29) is 0 Å². The van der Waals surface area contributed by atoms with Gasteiger partial charge >= 0.3 is 0 Å². The first-order chi connectivity index (χ1) is 10.8. The molecule has 0 heteroatoms. The van der Waals surface area contributed by atoms with Crippen LogP contribution in [-0.2, 0) is 0 Å². The third-order valence-corrected chi connectivity index (χ3v) is 5.21. The summed E-state index contributed by atoms with van der Waals surface area (Å²) in [6, 6.07) is 8.97. The molecule has 22 heavy (non-hydrogen) atoms. The minimum Gasteiger partial charge on any atom is -0.101 e. The van der Waals surface area contributed by atoms with Gasteiger partial charge in [-0.2, -0.15) is 0 Å².